The second kappa shape index (κ2) is 8.66. The van der Waals surface area contributed by atoms with Gasteiger partial charge in [0.15, 0.2) is 0 Å². The fraction of sp³-hybridized carbons (Fsp3) is 0.150. The summed E-state index contributed by atoms with van der Waals surface area (Å²) in [4.78, 5) is 21.0. The second-order valence-corrected chi connectivity index (χ2v) is 5.66. The average Bonchev–Trinajstić information content (AvgIpc) is 2.73. The fourth-order valence-electron chi connectivity index (χ4n) is 2.40. The summed E-state index contributed by atoms with van der Waals surface area (Å²) >= 11 is 0. The van der Waals surface area contributed by atoms with Crippen LogP contribution in [0.3, 0.4) is 0 Å². The van der Waals surface area contributed by atoms with Gasteiger partial charge in [0, 0.05) is 17.8 Å². The Morgan fingerprint density at radius 1 is 1.00 bits per heavy atom. The summed E-state index contributed by atoms with van der Waals surface area (Å²) in [5.41, 5.74) is 1.94. The number of aromatic nitrogens is 2. The maximum absolute atomic E-state index is 12.5. The van der Waals surface area contributed by atoms with E-state index < -0.39 is 0 Å². The Morgan fingerprint density at radius 2 is 1.78 bits per heavy atom. The highest BCUT2D eigenvalue weighted by Gasteiger charge is 2.10. The van der Waals surface area contributed by atoms with Gasteiger partial charge >= 0.3 is 0 Å². The quantitative estimate of drug-likeness (QED) is 0.669. The minimum Gasteiger partial charge on any atom is -0.497 e. The van der Waals surface area contributed by atoms with Crippen LogP contribution in [0.4, 0.5) is 11.5 Å². The molecule has 0 aliphatic carbocycles. The Labute approximate surface area is 157 Å². The first-order chi connectivity index (χ1) is 13.2. The molecule has 7 heteroatoms. The van der Waals surface area contributed by atoms with E-state index >= 15 is 0 Å². The molecule has 2 heterocycles. The smallest absolute Gasteiger partial charge is 0.255 e. The molecule has 0 aliphatic rings. The molecular formula is C20H20N4O3. The molecule has 0 fully saturated rings. The van der Waals surface area contributed by atoms with Crippen LogP contribution >= 0.6 is 0 Å². The zero-order valence-corrected chi connectivity index (χ0v) is 15.1. The van der Waals surface area contributed by atoms with E-state index in [0.717, 1.165) is 5.69 Å². The molecule has 138 valence electrons. The van der Waals surface area contributed by atoms with E-state index in [9.17, 15) is 4.79 Å². The number of benzene rings is 1. The standard InChI is InChI=1S/C20H20N4O3/c1-26-17-9-14(10-18(11-17)27-2)20(25)24-16-6-7-19(23-13-16)22-12-15-5-3-4-8-21-15/h3-11,13H,12H2,1-2H3,(H,22,23)(H,24,25). The summed E-state index contributed by atoms with van der Waals surface area (Å²) in [5, 5.41) is 5.99. The first-order valence-electron chi connectivity index (χ1n) is 8.32. The Morgan fingerprint density at radius 3 is 2.37 bits per heavy atom. The van der Waals surface area contributed by atoms with Crippen molar-refractivity contribution in [3.63, 3.8) is 0 Å². The number of hydrogen-bond acceptors (Lipinski definition) is 6. The van der Waals surface area contributed by atoms with E-state index in [4.69, 9.17) is 9.47 Å². The summed E-state index contributed by atoms with van der Waals surface area (Å²) in [7, 11) is 3.08. The SMILES string of the molecule is COc1cc(OC)cc(C(=O)Nc2ccc(NCc3ccccn3)nc2)c1. The number of pyridine rings is 2. The highest BCUT2D eigenvalue weighted by Crippen LogP contribution is 2.23. The van der Waals surface area contributed by atoms with Crippen LogP contribution in [-0.4, -0.2) is 30.1 Å². The van der Waals surface area contributed by atoms with Crippen LogP contribution in [0.2, 0.25) is 0 Å². The fourth-order valence-corrected chi connectivity index (χ4v) is 2.40. The lowest BCUT2D eigenvalue weighted by Gasteiger charge is -2.10. The largest absolute Gasteiger partial charge is 0.497 e. The van der Waals surface area contributed by atoms with Gasteiger partial charge in [0.2, 0.25) is 0 Å². The molecule has 27 heavy (non-hydrogen) atoms. The number of ether oxygens (including phenoxy) is 2. The summed E-state index contributed by atoms with van der Waals surface area (Å²) < 4.78 is 10.4. The molecule has 3 rings (SSSR count). The minimum absolute atomic E-state index is 0.275. The predicted molar refractivity (Wildman–Crippen MR) is 103 cm³/mol. The van der Waals surface area contributed by atoms with Crippen molar-refractivity contribution in [2.24, 2.45) is 0 Å². The molecule has 0 saturated heterocycles. The van der Waals surface area contributed by atoms with Crippen molar-refractivity contribution < 1.29 is 14.3 Å². The molecule has 0 aliphatic heterocycles. The highest BCUT2D eigenvalue weighted by molar-refractivity contribution is 6.04. The van der Waals surface area contributed by atoms with E-state index in [0.29, 0.717) is 35.1 Å². The van der Waals surface area contributed by atoms with Crippen molar-refractivity contribution in [2.45, 2.75) is 6.54 Å². The molecule has 2 aromatic heterocycles. The molecule has 0 radical (unpaired) electrons. The molecule has 0 unspecified atom stereocenters. The number of rotatable bonds is 7. The number of carbonyl (C=O) groups excluding carboxylic acids is 1. The second-order valence-electron chi connectivity index (χ2n) is 5.66. The Bertz CT molecular complexity index is 877. The van der Waals surface area contributed by atoms with Crippen LogP contribution in [0, 0.1) is 0 Å². The van der Waals surface area contributed by atoms with Crippen LogP contribution in [0.25, 0.3) is 0 Å². The highest BCUT2D eigenvalue weighted by atomic mass is 16.5. The van der Waals surface area contributed by atoms with E-state index in [1.54, 1.807) is 42.7 Å². The van der Waals surface area contributed by atoms with Gasteiger partial charge in [-0.1, -0.05) is 6.07 Å². The molecular weight excluding hydrogens is 344 g/mol. The Hall–Kier alpha value is -3.61. The van der Waals surface area contributed by atoms with Crippen molar-refractivity contribution in [2.75, 3.05) is 24.9 Å². The summed E-state index contributed by atoms with van der Waals surface area (Å²) in [6, 6.07) is 14.3. The summed E-state index contributed by atoms with van der Waals surface area (Å²) in [5.74, 6) is 1.52. The Balaban J connectivity index is 1.63. The third-order valence-electron chi connectivity index (χ3n) is 3.81. The summed E-state index contributed by atoms with van der Waals surface area (Å²) in [6.07, 6.45) is 3.34. The number of nitrogens with zero attached hydrogens (tertiary/aromatic N) is 2. The lowest BCUT2D eigenvalue weighted by molar-refractivity contribution is 0.102. The zero-order chi connectivity index (χ0) is 19.1. The van der Waals surface area contributed by atoms with Gasteiger partial charge in [0.25, 0.3) is 5.91 Å². The number of nitrogens with one attached hydrogen (secondary N) is 2. The molecule has 0 spiro atoms. The molecule has 3 aromatic rings. The van der Waals surface area contributed by atoms with Crippen LogP contribution in [-0.2, 0) is 6.54 Å². The number of hydrogen-bond donors (Lipinski definition) is 2. The number of carbonyl (C=O) groups is 1. The van der Waals surface area contributed by atoms with Gasteiger partial charge in [-0.2, -0.15) is 0 Å². The molecule has 1 aromatic carbocycles. The van der Waals surface area contributed by atoms with Gasteiger partial charge in [0.1, 0.15) is 17.3 Å². The van der Waals surface area contributed by atoms with Gasteiger partial charge in [-0.3, -0.25) is 9.78 Å². The third kappa shape index (κ3) is 4.94. The van der Waals surface area contributed by atoms with Crippen LogP contribution in [0.1, 0.15) is 16.1 Å². The molecule has 2 N–H and O–H groups in total. The van der Waals surface area contributed by atoms with E-state index in [2.05, 4.69) is 20.6 Å². The average molecular weight is 364 g/mol. The van der Waals surface area contributed by atoms with Gasteiger partial charge in [-0.05, 0) is 36.4 Å². The van der Waals surface area contributed by atoms with Crippen molar-refractivity contribution in [3.05, 3.63) is 72.2 Å². The van der Waals surface area contributed by atoms with Crippen LogP contribution in [0.15, 0.2) is 60.9 Å². The number of methoxy groups -OCH3 is 2. The molecule has 0 atom stereocenters. The predicted octanol–water partition coefficient (Wildman–Crippen LogP) is 3.36. The van der Waals surface area contributed by atoms with Gasteiger partial charge in [0.05, 0.1) is 38.3 Å². The molecule has 0 bridgehead atoms. The topological polar surface area (TPSA) is 85.4 Å². The van der Waals surface area contributed by atoms with Crippen LogP contribution in [0.5, 0.6) is 11.5 Å². The van der Waals surface area contributed by atoms with Crippen molar-refractivity contribution in [3.8, 4) is 11.5 Å². The first kappa shape index (κ1) is 18.2. The monoisotopic (exact) mass is 364 g/mol. The van der Waals surface area contributed by atoms with Gasteiger partial charge < -0.3 is 20.1 Å². The molecule has 7 nitrogen and oxygen atoms in total. The van der Waals surface area contributed by atoms with Crippen molar-refractivity contribution in [1.82, 2.24) is 9.97 Å². The molecule has 1 amide bonds. The van der Waals surface area contributed by atoms with Crippen molar-refractivity contribution in [1.29, 1.82) is 0 Å². The first-order valence-corrected chi connectivity index (χ1v) is 8.32. The lowest BCUT2D eigenvalue weighted by Crippen LogP contribution is -2.12. The van der Waals surface area contributed by atoms with Crippen LogP contribution < -0.4 is 20.1 Å². The minimum atomic E-state index is -0.275. The number of amides is 1. The van der Waals surface area contributed by atoms with E-state index in [1.165, 1.54) is 14.2 Å². The van der Waals surface area contributed by atoms with E-state index in [1.807, 2.05) is 18.2 Å². The van der Waals surface area contributed by atoms with Gasteiger partial charge in [-0.15, -0.1) is 0 Å². The maximum Gasteiger partial charge on any atom is 0.255 e. The van der Waals surface area contributed by atoms with E-state index in [-0.39, 0.29) is 5.91 Å². The lowest BCUT2D eigenvalue weighted by atomic mass is 10.2. The third-order valence-corrected chi connectivity index (χ3v) is 3.81. The Kier molecular flexibility index (Phi) is 5.84. The zero-order valence-electron chi connectivity index (χ0n) is 15.1. The number of anilines is 2. The van der Waals surface area contributed by atoms with Crippen molar-refractivity contribution >= 4 is 17.4 Å². The normalized spacial score (nSPS) is 10.1. The van der Waals surface area contributed by atoms with Gasteiger partial charge in [-0.25, -0.2) is 4.98 Å². The molecule has 0 saturated carbocycles. The maximum atomic E-state index is 12.5. The summed E-state index contributed by atoms with van der Waals surface area (Å²) in [6.45, 7) is 0.573.